The van der Waals surface area contributed by atoms with Crippen molar-refractivity contribution in [2.24, 2.45) is 0 Å². The van der Waals surface area contributed by atoms with E-state index in [1.165, 1.54) is 12.1 Å². The van der Waals surface area contributed by atoms with Crippen molar-refractivity contribution in [3.05, 3.63) is 47.9 Å². The third kappa shape index (κ3) is 5.75. The van der Waals surface area contributed by atoms with Gasteiger partial charge in [0.2, 0.25) is 0 Å². The number of likely N-dealkylation sites (tertiary alicyclic amines) is 1. The molecular formula is C24H26F5N5O2. The lowest BCUT2D eigenvalue weighted by molar-refractivity contribution is -0.141. The molecule has 0 saturated carbocycles. The zero-order valence-corrected chi connectivity index (χ0v) is 19.9. The van der Waals surface area contributed by atoms with Gasteiger partial charge in [0.25, 0.3) is 5.91 Å². The summed E-state index contributed by atoms with van der Waals surface area (Å²) >= 11 is 0. The molecule has 2 aromatic heterocycles. The highest BCUT2D eigenvalue weighted by Crippen LogP contribution is 2.34. The van der Waals surface area contributed by atoms with Crippen LogP contribution in [0.4, 0.5) is 27.6 Å². The van der Waals surface area contributed by atoms with Crippen LogP contribution in [-0.2, 0) is 6.18 Å². The molecule has 1 saturated heterocycles. The lowest BCUT2D eigenvalue weighted by Gasteiger charge is -2.40. The molecule has 0 radical (unpaired) electrons. The maximum absolute atomic E-state index is 13.1. The summed E-state index contributed by atoms with van der Waals surface area (Å²) in [5, 5.41) is 7.43. The summed E-state index contributed by atoms with van der Waals surface area (Å²) < 4.78 is 71.4. The van der Waals surface area contributed by atoms with Gasteiger partial charge in [0.15, 0.2) is 5.75 Å². The minimum Gasteiger partial charge on any atom is -0.433 e. The van der Waals surface area contributed by atoms with E-state index in [2.05, 4.69) is 45.8 Å². The molecule has 7 nitrogen and oxygen atoms in total. The number of pyridine rings is 1. The van der Waals surface area contributed by atoms with Crippen LogP contribution in [0.25, 0.3) is 10.9 Å². The molecule has 1 amide bonds. The van der Waals surface area contributed by atoms with Crippen LogP contribution >= 0.6 is 0 Å². The number of aromatic nitrogens is 3. The molecule has 12 heteroatoms. The molecule has 36 heavy (non-hydrogen) atoms. The van der Waals surface area contributed by atoms with E-state index in [1.54, 1.807) is 10.9 Å². The Kier molecular flexibility index (Phi) is 6.91. The van der Waals surface area contributed by atoms with E-state index in [-0.39, 0.29) is 23.0 Å². The number of hydrogen-bond donors (Lipinski definition) is 1. The Morgan fingerprint density at radius 2 is 1.83 bits per heavy atom. The zero-order chi connectivity index (χ0) is 26.3. The van der Waals surface area contributed by atoms with E-state index in [9.17, 15) is 26.7 Å². The number of amides is 1. The van der Waals surface area contributed by atoms with Crippen LogP contribution in [0, 0.1) is 0 Å². The van der Waals surface area contributed by atoms with Gasteiger partial charge in [-0.2, -0.15) is 27.1 Å². The number of hydrogen-bond acceptors (Lipinski definition) is 5. The average Bonchev–Trinajstić information content (AvgIpc) is 3.20. The molecule has 1 fully saturated rings. The first-order valence-electron chi connectivity index (χ1n) is 11.4. The number of carbonyl (C=O) groups excluding carboxylic acids is 1. The van der Waals surface area contributed by atoms with Crippen molar-refractivity contribution in [2.75, 3.05) is 18.4 Å². The lowest BCUT2D eigenvalue weighted by atomic mass is 9.98. The molecule has 0 unspecified atom stereocenters. The average molecular weight is 511 g/mol. The molecule has 3 aromatic rings. The van der Waals surface area contributed by atoms with Gasteiger partial charge in [-0.05, 0) is 51.8 Å². The smallest absolute Gasteiger partial charge is 0.433 e. The summed E-state index contributed by atoms with van der Waals surface area (Å²) in [5.74, 6) is -1.35. The topological polar surface area (TPSA) is 72.3 Å². The predicted octanol–water partition coefficient (Wildman–Crippen LogP) is 5.74. The molecule has 0 bridgehead atoms. The van der Waals surface area contributed by atoms with Gasteiger partial charge in [0.1, 0.15) is 11.4 Å². The molecule has 194 valence electrons. The monoisotopic (exact) mass is 511 g/mol. The van der Waals surface area contributed by atoms with Crippen LogP contribution in [0.1, 0.15) is 55.8 Å². The number of halogens is 5. The Balaban J connectivity index is 1.60. The van der Waals surface area contributed by atoms with Gasteiger partial charge in [-0.3, -0.25) is 14.4 Å². The van der Waals surface area contributed by atoms with E-state index in [0.717, 1.165) is 44.1 Å². The molecular weight excluding hydrogens is 485 g/mol. The van der Waals surface area contributed by atoms with Gasteiger partial charge in [0.05, 0.1) is 17.2 Å². The summed E-state index contributed by atoms with van der Waals surface area (Å²) in [7, 11) is 0. The van der Waals surface area contributed by atoms with Gasteiger partial charge in [-0.1, -0.05) is 6.07 Å². The Labute approximate surface area is 204 Å². The fourth-order valence-corrected chi connectivity index (χ4v) is 4.26. The van der Waals surface area contributed by atoms with Crippen molar-refractivity contribution in [2.45, 2.75) is 58.0 Å². The Morgan fingerprint density at radius 1 is 1.14 bits per heavy atom. The highest BCUT2D eigenvalue weighted by Gasteiger charge is 2.33. The summed E-state index contributed by atoms with van der Waals surface area (Å²) in [5.41, 5.74) is -1.45. The molecule has 1 aliphatic heterocycles. The van der Waals surface area contributed by atoms with Gasteiger partial charge in [-0.15, -0.1) is 0 Å². The number of anilines is 1. The minimum absolute atomic E-state index is 0.0584. The van der Waals surface area contributed by atoms with Crippen molar-refractivity contribution in [3.63, 3.8) is 0 Å². The van der Waals surface area contributed by atoms with Crippen LogP contribution in [0.3, 0.4) is 0 Å². The van der Waals surface area contributed by atoms with E-state index in [4.69, 9.17) is 0 Å². The summed E-state index contributed by atoms with van der Waals surface area (Å²) in [6, 6.07) is 5.67. The number of piperidine rings is 1. The molecule has 0 aliphatic carbocycles. The Morgan fingerprint density at radius 3 is 2.44 bits per heavy atom. The highest BCUT2D eigenvalue weighted by atomic mass is 19.4. The van der Waals surface area contributed by atoms with Crippen LogP contribution in [0.15, 0.2) is 36.5 Å². The number of benzene rings is 1. The highest BCUT2D eigenvalue weighted by molar-refractivity contribution is 6.05. The van der Waals surface area contributed by atoms with Crippen LogP contribution in [0.2, 0.25) is 0 Å². The number of alkyl halides is 5. The molecule has 1 N–H and O–H groups in total. The third-order valence-corrected chi connectivity index (χ3v) is 6.15. The summed E-state index contributed by atoms with van der Waals surface area (Å²) in [6.45, 7) is 5.05. The molecule has 1 aliphatic rings. The van der Waals surface area contributed by atoms with Crippen molar-refractivity contribution in [1.29, 1.82) is 0 Å². The van der Waals surface area contributed by atoms with Crippen LogP contribution in [-0.4, -0.2) is 50.8 Å². The standard InChI is InChI=1S/C24H26F5N5O2/c1-23(2,3)33-9-7-15(8-10-33)34-13-14-11-18(19(36-22(25)26)12-17(14)32-34)31-21(35)16-5-4-6-20(30-16)24(27,28)29/h4-6,11-13,15,22H,7-10H2,1-3H3,(H,31,35). The second-order valence-electron chi connectivity index (χ2n) is 9.64. The summed E-state index contributed by atoms with van der Waals surface area (Å²) in [4.78, 5) is 18.3. The molecule has 0 spiro atoms. The van der Waals surface area contributed by atoms with E-state index in [1.807, 2.05) is 0 Å². The van der Waals surface area contributed by atoms with Crippen LogP contribution < -0.4 is 10.1 Å². The van der Waals surface area contributed by atoms with E-state index < -0.39 is 30.1 Å². The second-order valence-corrected chi connectivity index (χ2v) is 9.64. The maximum atomic E-state index is 13.1. The number of fused-ring (bicyclic) bond motifs is 1. The first-order valence-corrected chi connectivity index (χ1v) is 11.4. The third-order valence-electron chi connectivity index (χ3n) is 6.15. The van der Waals surface area contributed by atoms with Crippen LogP contribution in [0.5, 0.6) is 5.75 Å². The number of ether oxygens (including phenoxy) is 1. The van der Waals surface area contributed by atoms with Gasteiger partial charge in [-0.25, -0.2) is 4.98 Å². The second kappa shape index (κ2) is 9.64. The lowest BCUT2D eigenvalue weighted by Crippen LogP contribution is -2.46. The Hall–Kier alpha value is -3.28. The summed E-state index contributed by atoms with van der Waals surface area (Å²) in [6.07, 6.45) is -1.26. The normalized spacial score (nSPS) is 16.0. The Bertz CT molecular complexity index is 1240. The van der Waals surface area contributed by atoms with E-state index in [0.29, 0.717) is 10.9 Å². The van der Waals surface area contributed by atoms with Gasteiger partial charge >= 0.3 is 12.8 Å². The fourth-order valence-electron chi connectivity index (χ4n) is 4.26. The number of rotatable bonds is 5. The van der Waals surface area contributed by atoms with E-state index >= 15 is 0 Å². The zero-order valence-electron chi connectivity index (χ0n) is 19.9. The predicted molar refractivity (Wildman–Crippen MR) is 123 cm³/mol. The molecule has 1 aromatic carbocycles. The van der Waals surface area contributed by atoms with Gasteiger partial charge in [0, 0.05) is 36.3 Å². The minimum atomic E-state index is -4.74. The number of carbonyl (C=O) groups is 1. The van der Waals surface area contributed by atoms with Crippen molar-refractivity contribution in [3.8, 4) is 5.75 Å². The molecule has 3 heterocycles. The van der Waals surface area contributed by atoms with Crippen molar-refractivity contribution >= 4 is 22.5 Å². The number of nitrogens with one attached hydrogen (secondary N) is 1. The SMILES string of the molecule is CC(C)(C)N1CCC(n2cc3cc(NC(=O)c4cccc(C(F)(F)F)n4)c(OC(F)F)cc3n2)CC1. The first kappa shape index (κ1) is 25.8. The number of nitrogens with zero attached hydrogens (tertiary/aromatic N) is 4. The largest absolute Gasteiger partial charge is 0.433 e. The maximum Gasteiger partial charge on any atom is 0.433 e. The van der Waals surface area contributed by atoms with Crippen molar-refractivity contribution < 1.29 is 31.5 Å². The molecule has 0 atom stereocenters. The quantitative estimate of drug-likeness (QED) is 0.443. The fraction of sp³-hybridized carbons (Fsp3) is 0.458. The first-order chi connectivity index (χ1) is 16.8. The van der Waals surface area contributed by atoms with Crippen molar-refractivity contribution in [1.82, 2.24) is 19.7 Å². The molecule has 4 rings (SSSR count). The van der Waals surface area contributed by atoms with Gasteiger partial charge < -0.3 is 10.1 Å².